The summed E-state index contributed by atoms with van der Waals surface area (Å²) in [4.78, 5) is 29.4. The van der Waals surface area contributed by atoms with Crippen LogP contribution < -0.4 is 5.69 Å². The van der Waals surface area contributed by atoms with Gasteiger partial charge in [-0.1, -0.05) is 0 Å². The molecule has 0 amide bonds. The molecule has 2 N–H and O–H groups in total. The summed E-state index contributed by atoms with van der Waals surface area (Å²) in [7, 11) is 0. The highest BCUT2D eigenvalue weighted by Gasteiger charge is 2.16. The molecule has 88 valence electrons. The molecule has 0 aliphatic rings. The predicted octanol–water partition coefficient (Wildman–Crippen LogP) is 0.956. The van der Waals surface area contributed by atoms with Gasteiger partial charge in [-0.15, -0.1) is 0 Å². The first-order chi connectivity index (χ1) is 8.13. The molecule has 0 unspecified atom stereocenters. The van der Waals surface area contributed by atoms with Crippen LogP contribution in [0.3, 0.4) is 0 Å². The lowest BCUT2D eigenvalue weighted by atomic mass is 10.2. The molecule has 2 aromatic rings. The molecule has 0 spiro atoms. The summed E-state index contributed by atoms with van der Waals surface area (Å²) in [5.41, 5.74) is 0.232. The maximum Gasteiger partial charge on any atom is 0.348 e. The summed E-state index contributed by atoms with van der Waals surface area (Å²) in [5, 5.41) is 9.11. The minimum Gasteiger partial charge on any atom is -0.478 e. The molecule has 6 nitrogen and oxygen atoms in total. The number of aromatic carboxylic acids is 1. The van der Waals surface area contributed by atoms with E-state index < -0.39 is 11.7 Å². The van der Waals surface area contributed by atoms with Crippen molar-refractivity contribution in [2.75, 3.05) is 0 Å². The highest BCUT2D eigenvalue weighted by Crippen LogP contribution is 2.17. The van der Waals surface area contributed by atoms with Crippen molar-refractivity contribution in [3.8, 4) is 11.4 Å². The van der Waals surface area contributed by atoms with Gasteiger partial charge in [-0.3, -0.25) is 4.57 Å². The number of aromatic amines is 1. The molecule has 2 heterocycles. The van der Waals surface area contributed by atoms with Gasteiger partial charge >= 0.3 is 11.7 Å². The normalized spacial score (nSPS) is 10.4. The van der Waals surface area contributed by atoms with Gasteiger partial charge in [0.25, 0.3) is 0 Å². The molecule has 0 aliphatic carbocycles. The van der Waals surface area contributed by atoms with Crippen molar-refractivity contribution in [3.05, 3.63) is 40.6 Å². The van der Waals surface area contributed by atoms with E-state index in [9.17, 15) is 9.59 Å². The highest BCUT2D eigenvalue weighted by molar-refractivity contribution is 5.93. The predicted molar refractivity (Wildman–Crippen MR) is 60.9 cm³/mol. The zero-order valence-corrected chi connectivity index (χ0v) is 9.17. The monoisotopic (exact) mass is 233 g/mol. The smallest absolute Gasteiger partial charge is 0.348 e. The largest absolute Gasteiger partial charge is 0.478 e. The number of aryl methyl sites for hydroxylation is 1. The lowest BCUT2D eigenvalue weighted by Gasteiger charge is -2.06. The van der Waals surface area contributed by atoms with Crippen LogP contribution in [0.25, 0.3) is 11.4 Å². The van der Waals surface area contributed by atoms with E-state index in [4.69, 9.17) is 5.11 Å². The van der Waals surface area contributed by atoms with E-state index in [-0.39, 0.29) is 11.3 Å². The number of nitrogens with one attached hydrogen (secondary N) is 1. The first kappa shape index (κ1) is 11.1. The third kappa shape index (κ3) is 1.96. The molecule has 0 radical (unpaired) electrons. The average Bonchev–Trinajstić information content (AvgIpc) is 2.81. The van der Waals surface area contributed by atoms with E-state index in [2.05, 4.69) is 9.97 Å². The summed E-state index contributed by atoms with van der Waals surface area (Å²) < 4.78 is 1.26. The minimum atomic E-state index is -1.11. The van der Waals surface area contributed by atoms with Crippen LogP contribution in [-0.2, 0) is 6.54 Å². The number of rotatable bonds is 3. The summed E-state index contributed by atoms with van der Waals surface area (Å²) in [5.74, 6) is -1.11. The number of H-pyrrole nitrogens is 1. The van der Waals surface area contributed by atoms with E-state index in [1.54, 1.807) is 25.3 Å². The average molecular weight is 233 g/mol. The van der Waals surface area contributed by atoms with Gasteiger partial charge in [0, 0.05) is 18.9 Å². The Bertz CT molecular complexity index is 599. The Morgan fingerprint density at radius 2 is 2.35 bits per heavy atom. The molecule has 0 aliphatic heterocycles. The van der Waals surface area contributed by atoms with Crippen LogP contribution in [0.1, 0.15) is 17.3 Å². The molecule has 0 aromatic carbocycles. The van der Waals surface area contributed by atoms with Gasteiger partial charge in [-0.2, -0.15) is 4.98 Å². The number of hydrogen-bond donors (Lipinski definition) is 2. The van der Waals surface area contributed by atoms with Gasteiger partial charge in [0.2, 0.25) is 0 Å². The fraction of sp³-hybridized carbons (Fsp3) is 0.182. The molecule has 17 heavy (non-hydrogen) atoms. The fourth-order valence-corrected chi connectivity index (χ4v) is 1.56. The Labute approximate surface area is 96.6 Å². The van der Waals surface area contributed by atoms with Crippen molar-refractivity contribution in [2.24, 2.45) is 0 Å². The zero-order valence-electron chi connectivity index (χ0n) is 9.17. The molecular formula is C11H11N3O3. The third-order valence-corrected chi connectivity index (χ3v) is 2.42. The standard InChI is InChI=1S/C11H11N3O3/c1-2-14-6-7(10(15)16)9(13-11(14)17)8-4-3-5-12-8/h3-6,12H,2H2,1H3,(H,15,16). The number of aromatic nitrogens is 3. The molecule has 0 bridgehead atoms. The number of carbonyl (C=O) groups is 1. The van der Waals surface area contributed by atoms with Gasteiger partial charge in [0.15, 0.2) is 0 Å². The summed E-state index contributed by atoms with van der Waals surface area (Å²) in [6, 6.07) is 3.39. The van der Waals surface area contributed by atoms with E-state index in [0.717, 1.165) is 0 Å². The Balaban J connectivity index is 2.70. The summed E-state index contributed by atoms with van der Waals surface area (Å²) in [6.07, 6.45) is 2.96. The van der Waals surface area contributed by atoms with Crippen LogP contribution in [0.5, 0.6) is 0 Å². The highest BCUT2D eigenvalue weighted by atomic mass is 16.4. The van der Waals surface area contributed by atoms with Gasteiger partial charge in [0.05, 0.1) is 5.69 Å². The fourth-order valence-electron chi connectivity index (χ4n) is 1.56. The number of nitrogens with zero attached hydrogens (tertiary/aromatic N) is 2. The zero-order chi connectivity index (χ0) is 12.4. The van der Waals surface area contributed by atoms with E-state index in [1.807, 2.05) is 0 Å². The van der Waals surface area contributed by atoms with Crippen LogP contribution in [-0.4, -0.2) is 25.6 Å². The van der Waals surface area contributed by atoms with Crippen LogP contribution in [0.15, 0.2) is 29.3 Å². The third-order valence-electron chi connectivity index (χ3n) is 2.42. The van der Waals surface area contributed by atoms with Gasteiger partial charge in [-0.25, -0.2) is 9.59 Å². The molecule has 0 fully saturated rings. The lowest BCUT2D eigenvalue weighted by molar-refractivity contribution is 0.0696. The lowest BCUT2D eigenvalue weighted by Crippen LogP contribution is -2.24. The molecule has 2 rings (SSSR count). The van der Waals surface area contributed by atoms with Crippen molar-refractivity contribution >= 4 is 5.97 Å². The van der Waals surface area contributed by atoms with E-state index >= 15 is 0 Å². The molecular weight excluding hydrogens is 222 g/mol. The Morgan fingerprint density at radius 1 is 1.59 bits per heavy atom. The molecule has 0 atom stereocenters. The second-order valence-electron chi connectivity index (χ2n) is 3.46. The van der Waals surface area contributed by atoms with Crippen LogP contribution in [0, 0.1) is 0 Å². The van der Waals surface area contributed by atoms with Crippen molar-refractivity contribution < 1.29 is 9.90 Å². The number of carboxylic acids is 1. The summed E-state index contributed by atoms with van der Waals surface area (Å²) >= 11 is 0. The second-order valence-corrected chi connectivity index (χ2v) is 3.46. The first-order valence-electron chi connectivity index (χ1n) is 5.12. The van der Waals surface area contributed by atoms with E-state index in [1.165, 1.54) is 10.8 Å². The van der Waals surface area contributed by atoms with Gasteiger partial charge < -0.3 is 10.1 Å². The number of hydrogen-bond acceptors (Lipinski definition) is 3. The quantitative estimate of drug-likeness (QED) is 0.826. The van der Waals surface area contributed by atoms with Crippen LogP contribution >= 0.6 is 0 Å². The maximum absolute atomic E-state index is 11.6. The van der Waals surface area contributed by atoms with Crippen LogP contribution in [0.4, 0.5) is 0 Å². The molecule has 2 aromatic heterocycles. The SMILES string of the molecule is CCn1cc(C(=O)O)c(-c2ccc[nH]2)nc1=O. The first-order valence-corrected chi connectivity index (χ1v) is 5.12. The molecule has 0 saturated heterocycles. The van der Waals surface area contributed by atoms with Crippen molar-refractivity contribution in [1.82, 2.24) is 14.5 Å². The van der Waals surface area contributed by atoms with Crippen molar-refractivity contribution in [1.29, 1.82) is 0 Å². The topological polar surface area (TPSA) is 88.0 Å². The van der Waals surface area contributed by atoms with E-state index in [0.29, 0.717) is 12.2 Å². The minimum absolute atomic E-state index is 0.00824. The summed E-state index contributed by atoms with van der Waals surface area (Å²) in [6.45, 7) is 2.14. The van der Waals surface area contributed by atoms with Crippen molar-refractivity contribution in [3.63, 3.8) is 0 Å². The molecule has 6 heteroatoms. The Kier molecular flexibility index (Phi) is 2.78. The Morgan fingerprint density at radius 3 is 2.88 bits per heavy atom. The number of carboxylic acid groups (broad SMARTS) is 1. The van der Waals surface area contributed by atoms with Gasteiger partial charge in [-0.05, 0) is 19.1 Å². The van der Waals surface area contributed by atoms with Crippen LogP contribution in [0.2, 0.25) is 0 Å². The maximum atomic E-state index is 11.6. The second kappa shape index (κ2) is 4.25. The Hall–Kier alpha value is -2.37. The molecule has 0 saturated carbocycles. The van der Waals surface area contributed by atoms with Crippen molar-refractivity contribution in [2.45, 2.75) is 13.5 Å². The van der Waals surface area contributed by atoms with Gasteiger partial charge in [0.1, 0.15) is 11.3 Å².